The predicted octanol–water partition coefficient (Wildman–Crippen LogP) is 4.47. The molecule has 0 bridgehead atoms. The molecule has 3 heterocycles. The highest BCUT2D eigenvalue weighted by Gasteiger charge is 2.14. The van der Waals surface area contributed by atoms with Crippen molar-refractivity contribution in [2.24, 2.45) is 0 Å². The minimum absolute atomic E-state index is 0.674. The van der Waals surface area contributed by atoms with E-state index in [1.54, 1.807) is 47.1 Å². The molecule has 1 N–H and O–H groups in total. The highest BCUT2D eigenvalue weighted by atomic mass is 35.5. The molecule has 4 rings (SSSR count). The van der Waals surface area contributed by atoms with Crippen LogP contribution in [0.3, 0.4) is 0 Å². The second-order valence-electron chi connectivity index (χ2n) is 4.55. The van der Waals surface area contributed by atoms with E-state index in [-0.39, 0.29) is 0 Å². The van der Waals surface area contributed by atoms with Gasteiger partial charge in [-0.05, 0) is 30.3 Å². The fourth-order valence-corrected chi connectivity index (χ4v) is 3.19. The fraction of sp³-hybridized carbons (Fsp3) is 0. The van der Waals surface area contributed by atoms with Gasteiger partial charge in [-0.2, -0.15) is 0 Å². The molecular weight excluding hydrogens is 322 g/mol. The number of nitrogens with one attached hydrogen (secondary N) is 1. The van der Waals surface area contributed by atoms with Crippen molar-refractivity contribution in [1.82, 2.24) is 10.6 Å². The van der Waals surface area contributed by atoms with E-state index >= 15 is 0 Å². The van der Waals surface area contributed by atoms with Crippen molar-refractivity contribution in [3.8, 4) is 11.5 Å². The molecule has 0 atom stereocenters. The number of fused-ring (bicyclic) bond motifs is 1. The van der Waals surface area contributed by atoms with Crippen molar-refractivity contribution >= 4 is 38.0 Å². The maximum Gasteiger partial charge on any atom is 0.154 e. The normalized spacial score (nSPS) is 13.6. The average molecular weight is 332 g/mol. The number of thiophene rings is 1. The van der Waals surface area contributed by atoms with Crippen LogP contribution in [0.4, 0.5) is 5.00 Å². The van der Waals surface area contributed by atoms with Gasteiger partial charge in [0.1, 0.15) is 17.0 Å². The summed E-state index contributed by atoms with van der Waals surface area (Å²) in [5, 5.41) is 4.44. The van der Waals surface area contributed by atoms with E-state index in [1.165, 1.54) is 0 Å². The highest BCUT2D eigenvalue weighted by Crippen LogP contribution is 2.38. The largest absolute Gasteiger partial charge is 0.455 e. The summed E-state index contributed by atoms with van der Waals surface area (Å²) < 4.78 is 6.95. The van der Waals surface area contributed by atoms with Crippen molar-refractivity contribution in [1.29, 1.82) is 0 Å². The van der Waals surface area contributed by atoms with Gasteiger partial charge in [-0.15, -0.1) is 11.3 Å². The maximum absolute atomic E-state index is 5.92. The number of aromatic nitrogens is 1. The average Bonchev–Trinajstić information content (AvgIpc) is 3.18. The summed E-state index contributed by atoms with van der Waals surface area (Å²) in [7, 11) is 0. The highest BCUT2D eigenvalue weighted by molar-refractivity contribution is 7.22. The van der Waals surface area contributed by atoms with E-state index in [2.05, 4.69) is 10.6 Å². The molecule has 1 aliphatic rings. The number of rotatable bonds is 3. The molecule has 0 unspecified atom stereocenters. The Kier molecular flexibility index (Phi) is 3.34. The van der Waals surface area contributed by atoms with Crippen LogP contribution in [0.5, 0.6) is 11.5 Å². The molecule has 0 radical (unpaired) electrons. The number of nitrogens with zero attached hydrogens (tertiary/aromatic N) is 2. The summed E-state index contributed by atoms with van der Waals surface area (Å²) in [6, 6.07) is 9.26. The van der Waals surface area contributed by atoms with Crippen molar-refractivity contribution in [3.05, 3.63) is 60.2 Å². The molecule has 0 saturated carbocycles. The molecule has 110 valence electrons. The lowest BCUT2D eigenvalue weighted by Crippen LogP contribution is -2.25. The first kappa shape index (κ1) is 13.4. The molecule has 0 fully saturated rings. The molecule has 0 spiro atoms. The zero-order chi connectivity index (χ0) is 14.9. The Bertz CT molecular complexity index is 848. The minimum atomic E-state index is 0.674. The number of hydrazine groups is 1. The quantitative estimate of drug-likeness (QED) is 0.767. The Labute approximate surface area is 135 Å². The van der Waals surface area contributed by atoms with Crippen LogP contribution in [0.15, 0.2) is 55.2 Å². The van der Waals surface area contributed by atoms with Crippen LogP contribution in [0.1, 0.15) is 0 Å². The second kappa shape index (κ2) is 5.49. The number of benzene rings is 1. The summed E-state index contributed by atoms with van der Waals surface area (Å²) in [5.41, 5.74) is 2.77. The lowest BCUT2D eigenvalue weighted by atomic mass is 10.3. The van der Waals surface area contributed by atoms with E-state index in [9.17, 15) is 0 Å². The van der Waals surface area contributed by atoms with Crippen LogP contribution in [0.2, 0.25) is 5.02 Å². The van der Waals surface area contributed by atoms with E-state index in [0.29, 0.717) is 16.5 Å². The number of ether oxygens (including phenoxy) is 1. The third-order valence-electron chi connectivity index (χ3n) is 3.10. The van der Waals surface area contributed by atoms with Gasteiger partial charge in [-0.25, -0.2) is 5.01 Å². The van der Waals surface area contributed by atoms with Crippen LogP contribution < -0.4 is 15.3 Å². The number of halogens is 1. The Hall–Kier alpha value is -2.28. The third kappa shape index (κ3) is 2.48. The lowest BCUT2D eigenvalue weighted by molar-refractivity contribution is 0.159. The summed E-state index contributed by atoms with van der Waals surface area (Å²) >= 11 is 7.48. The zero-order valence-electron chi connectivity index (χ0n) is 11.2. The van der Waals surface area contributed by atoms with Gasteiger partial charge in [0, 0.05) is 16.6 Å². The van der Waals surface area contributed by atoms with Gasteiger partial charge in [-0.1, -0.05) is 17.2 Å². The van der Waals surface area contributed by atoms with Gasteiger partial charge in [0.25, 0.3) is 0 Å². The standard InChI is InChI=1S/C15H10ClN3O2S/c16-10-1-3-11(4-2-10)21-13-8-17-9-14-12(13)7-15(22-14)19-5-6-20-18-19/h1-9,18H. The fourth-order valence-electron chi connectivity index (χ4n) is 2.08. The molecule has 1 aliphatic heterocycles. The van der Waals surface area contributed by atoms with Crippen LogP contribution in [0.25, 0.3) is 10.1 Å². The van der Waals surface area contributed by atoms with Crippen LogP contribution in [-0.2, 0) is 4.84 Å². The Morgan fingerprint density at radius 1 is 1.23 bits per heavy atom. The molecule has 22 heavy (non-hydrogen) atoms. The summed E-state index contributed by atoms with van der Waals surface area (Å²) in [6.07, 6.45) is 6.90. The third-order valence-corrected chi connectivity index (χ3v) is 4.43. The van der Waals surface area contributed by atoms with E-state index in [4.69, 9.17) is 21.2 Å². The first-order chi connectivity index (χ1) is 10.8. The number of hydrogen-bond acceptors (Lipinski definition) is 6. The van der Waals surface area contributed by atoms with E-state index in [0.717, 1.165) is 15.1 Å². The van der Waals surface area contributed by atoms with Gasteiger partial charge < -0.3 is 9.57 Å². The monoisotopic (exact) mass is 331 g/mol. The van der Waals surface area contributed by atoms with Gasteiger partial charge >= 0.3 is 0 Å². The maximum atomic E-state index is 5.92. The molecule has 0 amide bonds. The van der Waals surface area contributed by atoms with Crippen LogP contribution in [-0.4, -0.2) is 4.98 Å². The van der Waals surface area contributed by atoms with Gasteiger partial charge in [-0.3, -0.25) is 4.98 Å². The molecule has 2 aromatic heterocycles. The molecule has 0 saturated heterocycles. The van der Waals surface area contributed by atoms with E-state index < -0.39 is 0 Å². The minimum Gasteiger partial charge on any atom is -0.455 e. The first-order valence-corrected chi connectivity index (χ1v) is 7.67. The Morgan fingerprint density at radius 2 is 2.09 bits per heavy atom. The molecule has 3 aromatic rings. The Morgan fingerprint density at radius 3 is 2.86 bits per heavy atom. The lowest BCUT2D eigenvalue weighted by Gasteiger charge is -2.09. The van der Waals surface area contributed by atoms with Crippen molar-refractivity contribution in [3.63, 3.8) is 0 Å². The smallest absolute Gasteiger partial charge is 0.154 e. The number of hydrogen-bond donors (Lipinski definition) is 1. The Balaban J connectivity index is 1.71. The van der Waals surface area contributed by atoms with Crippen molar-refractivity contribution < 1.29 is 9.57 Å². The molecular formula is C15H10ClN3O2S. The predicted molar refractivity (Wildman–Crippen MR) is 87.0 cm³/mol. The van der Waals surface area contributed by atoms with Gasteiger partial charge in [0.2, 0.25) is 0 Å². The van der Waals surface area contributed by atoms with Crippen molar-refractivity contribution in [2.45, 2.75) is 0 Å². The molecule has 1 aromatic carbocycles. The van der Waals surface area contributed by atoms with Gasteiger partial charge in [0.15, 0.2) is 5.75 Å². The van der Waals surface area contributed by atoms with Crippen LogP contribution in [0, 0.1) is 0 Å². The number of pyridine rings is 1. The summed E-state index contributed by atoms with van der Waals surface area (Å²) in [4.78, 5) is 9.22. The zero-order valence-corrected chi connectivity index (χ0v) is 12.8. The first-order valence-electron chi connectivity index (χ1n) is 6.48. The summed E-state index contributed by atoms with van der Waals surface area (Å²) in [6.45, 7) is 0. The number of anilines is 1. The topological polar surface area (TPSA) is 46.6 Å². The van der Waals surface area contributed by atoms with Crippen molar-refractivity contribution in [2.75, 3.05) is 5.01 Å². The SMILES string of the molecule is Clc1ccc(Oc2cncc3sc(N4C=CON4)cc23)cc1. The molecule has 5 nitrogen and oxygen atoms in total. The second-order valence-corrected chi connectivity index (χ2v) is 6.05. The van der Waals surface area contributed by atoms with E-state index in [1.807, 2.05) is 24.4 Å². The molecule has 0 aliphatic carbocycles. The summed E-state index contributed by atoms with van der Waals surface area (Å²) in [5.74, 6) is 1.42. The van der Waals surface area contributed by atoms with Crippen LogP contribution >= 0.6 is 22.9 Å². The molecule has 7 heteroatoms. The van der Waals surface area contributed by atoms with Gasteiger partial charge in [0.05, 0.1) is 17.1 Å².